The zero-order valence-electron chi connectivity index (χ0n) is 13.0. The molecule has 0 aromatic heterocycles. The third kappa shape index (κ3) is 3.89. The number of carbonyl (C=O) groups excluding carboxylic acids is 2. The van der Waals surface area contributed by atoms with Crippen molar-refractivity contribution in [3.8, 4) is 0 Å². The van der Waals surface area contributed by atoms with E-state index in [9.17, 15) is 9.59 Å². The van der Waals surface area contributed by atoms with Crippen LogP contribution >= 0.6 is 23.2 Å². The van der Waals surface area contributed by atoms with Crippen molar-refractivity contribution in [1.82, 2.24) is 0 Å². The Morgan fingerprint density at radius 2 is 1.79 bits per heavy atom. The Bertz CT molecular complexity index is 817. The van der Waals surface area contributed by atoms with Crippen molar-refractivity contribution in [2.45, 2.75) is 19.8 Å². The zero-order valence-corrected chi connectivity index (χ0v) is 14.5. The molecular weight excluding hydrogens is 347 g/mol. The maximum Gasteiger partial charge on any atom is 0.257 e. The Hall–Kier alpha value is -2.04. The average molecular weight is 363 g/mol. The zero-order chi connectivity index (χ0) is 17.3. The van der Waals surface area contributed by atoms with E-state index in [1.165, 1.54) is 6.07 Å². The van der Waals surface area contributed by atoms with Crippen LogP contribution in [-0.2, 0) is 4.79 Å². The second-order valence-electron chi connectivity index (χ2n) is 5.87. The number of hydrogen-bond acceptors (Lipinski definition) is 2. The number of benzene rings is 2. The number of halogens is 2. The molecule has 0 aliphatic heterocycles. The van der Waals surface area contributed by atoms with Gasteiger partial charge in [0.2, 0.25) is 5.91 Å². The van der Waals surface area contributed by atoms with E-state index in [-0.39, 0.29) is 22.8 Å². The quantitative estimate of drug-likeness (QED) is 0.812. The molecule has 1 aliphatic carbocycles. The van der Waals surface area contributed by atoms with Gasteiger partial charge < -0.3 is 10.6 Å². The highest BCUT2D eigenvalue weighted by Crippen LogP contribution is 2.31. The minimum Gasteiger partial charge on any atom is -0.326 e. The van der Waals surface area contributed by atoms with Crippen molar-refractivity contribution in [3.05, 3.63) is 57.6 Å². The summed E-state index contributed by atoms with van der Waals surface area (Å²) in [5, 5.41) is 6.45. The summed E-state index contributed by atoms with van der Waals surface area (Å²) in [6.07, 6.45) is 1.88. The molecule has 124 valence electrons. The van der Waals surface area contributed by atoms with E-state index in [4.69, 9.17) is 23.2 Å². The van der Waals surface area contributed by atoms with Crippen LogP contribution in [0.25, 0.3) is 0 Å². The smallest absolute Gasteiger partial charge is 0.257 e. The van der Waals surface area contributed by atoms with Gasteiger partial charge in [-0.3, -0.25) is 9.59 Å². The van der Waals surface area contributed by atoms with E-state index in [2.05, 4.69) is 10.6 Å². The van der Waals surface area contributed by atoms with E-state index in [0.29, 0.717) is 22.0 Å². The largest absolute Gasteiger partial charge is 0.326 e. The van der Waals surface area contributed by atoms with Gasteiger partial charge in [0.05, 0.1) is 10.6 Å². The third-order valence-corrected chi connectivity index (χ3v) is 4.43. The maximum atomic E-state index is 12.4. The van der Waals surface area contributed by atoms with Crippen molar-refractivity contribution < 1.29 is 9.59 Å². The first-order chi connectivity index (χ1) is 11.4. The molecule has 0 spiro atoms. The Morgan fingerprint density at radius 1 is 1.04 bits per heavy atom. The molecule has 0 saturated heterocycles. The lowest BCUT2D eigenvalue weighted by Crippen LogP contribution is -2.15. The van der Waals surface area contributed by atoms with Gasteiger partial charge in [0.25, 0.3) is 5.91 Å². The minimum atomic E-state index is -0.333. The molecule has 0 bridgehead atoms. The predicted molar refractivity (Wildman–Crippen MR) is 96.9 cm³/mol. The van der Waals surface area contributed by atoms with Crippen LogP contribution in [0.4, 0.5) is 11.4 Å². The molecule has 2 amide bonds. The second-order valence-corrected chi connectivity index (χ2v) is 6.72. The molecule has 4 nitrogen and oxygen atoms in total. The molecule has 2 N–H and O–H groups in total. The van der Waals surface area contributed by atoms with Gasteiger partial charge in [0.15, 0.2) is 0 Å². The van der Waals surface area contributed by atoms with Crippen LogP contribution in [0.3, 0.4) is 0 Å². The van der Waals surface area contributed by atoms with Crippen LogP contribution in [0.5, 0.6) is 0 Å². The standard InChI is InChI=1S/C18H16Cl2N2O2/c1-10-2-6-13(9-16(10)22-17(23)11-3-4-11)21-18(24)14-7-5-12(19)8-15(14)20/h2,5-9,11H,3-4H2,1H3,(H,21,24)(H,22,23). The van der Waals surface area contributed by atoms with Gasteiger partial charge in [-0.25, -0.2) is 0 Å². The first-order valence-electron chi connectivity index (χ1n) is 7.62. The number of carbonyl (C=O) groups is 2. The number of amides is 2. The van der Waals surface area contributed by atoms with Gasteiger partial charge in [-0.05, 0) is 55.7 Å². The van der Waals surface area contributed by atoms with Gasteiger partial charge in [-0.1, -0.05) is 29.3 Å². The average Bonchev–Trinajstić information content (AvgIpc) is 3.35. The van der Waals surface area contributed by atoms with Crippen LogP contribution in [0.2, 0.25) is 10.0 Å². The summed E-state index contributed by atoms with van der Waals surface area (Å²) in [5.41, 5.74) is 2.56. The lowest BCUT2D eigenvalue weighted by Gasteiger charge is -2.12. The fourth-order valence-electron chi connectivity index (χ4n) is 2.29. The second kappa shape index (κ2) is 6.83. The van der Waals surface area contributed by atoms with Crippen molar-refractivity contribution >= 4 is 46.4 Å². The number of nitrogens with one attached hydrogen (secondary N) is 2. The molecule has 1 saturated carbocycles. The fraction of sp³-hybridized carbons (Fsp3) is 0.222. The monoisotopic (exact) mass is 362 g/mol. The number of aryl methyl sites for hydroxylation is 1. The minimum absolute atomic E-state index is 0.0299. The van der Waals surface area contributed by atoms with Crippen LogP contribution in [0, 0.1) is 12.8 Å². The van der Waals surface area contributed by atoms with Gasteiger partial charge >= 0.3 is 0 Å². The van der Waals surface area contributed by atoms with E-state index < -0.39 is 0 Å². The SMILES string of the molecule is Cc1ccc(NC(=O)c2ccc(Cl)cc2Cl)cc1NC(=O)C1CC1. The Kier molecular flexibility index (Phi) is 4.78. The molecule has 24 heavy (non-hydrogen) atoms. The van der Waals surface area contributed by atoms with Crippen LogP contribution in [0.15, 0.2) is 36.4 Å². The molecule has 2 aromatic rings. The molecule has 0 heterocycles. The van der Waals surface area contributed by atoms with Crippen molar-refractivity contribution in [3.63, 3.8) is 0 Å². The summed E-state index contributed by atoms with van der Waals surface area (Å²) in [6.45, 7) is 1.91. The fourth-order valence-corrected chi connectivity index (χ4v) is 2.78. The highest BCUT2D eigenvalue weighted by atomic mass is 35.5. The molecule has 0 radical (unpaired) electrons. The van der Waals surface area contributed by atoms with Gasteiger partial charge in [0, 0.05) is 22.3 Å². The number of hydrogen-bond donors (Lipinski definition) is 2. The summed E-state index contributed by atoms with van der Waals surface area (Å²) in [4.78, 5) is 24.3. The van der Waals surface area contributed by atoms with E-state index in [1.807, 2.05) is 13.0 Å². The molecule has 2 aromatic carbocycles. The lowest BCUT2D eigenvalue weighted by molar-refractivity contribution is -0.117. The molecule has 0 unspecified atom stereocenters. The first kappa shape index (κ1) is 16.8. The highest BCUT2D eigenvalue weighted by Gasteiger charge is 2.29. The normalized spacial score (nSPS) is 13.5. The van der Waals surface area contributed by atoms with Crippen molar-refractivity contribution in [1.29, 1.82) is 0 Å². The Morgan fingerprint density at radius 3 is 2.46 bits per heavy atom. The molecule has 1 aliphatic rings. The summed E-state index contributed by atoms with van der Waals surface area (Å²) in [7, 11) is 0. The lowest BCUT2D eigenvalue weighted by atomic mass is 10.1. The molecular formula is C18H16Cl2N2O2. The van der Waals surface area contributed by atoms with Gasteiger partial charge in [0.1, 0.15) is 0 Å². The van der Waals surface area contributed by atoms with E-state index in [0.717, 1.165) is 18.4 Å². The maximum absolute atomic E-state index is 12.4. The van der Waals surface area contributed by atoms with E-state index in [1.54, 1.807) is 24.3 Å². The van der Waals surface area contributed by atoms with Crippen LogP contribution < -0.4 is 10.6 Å². The number of anilines is 2. The van der Waals surface area contributed by atoms with Gasteiger partial charge in [-0.2, -0.15) is 0 Å². The predicted octanol–water partition coefficient (Wildman–Crippen LogP) is 4.90. The summed E-state index contributed by atoms with van der Waals surface area (Å²) in [5.74, 6) is -0.183. The van der Waals surface area contributed by atoms with Crippen molar-refractivity contribution in [2.24, 2.45) is 5.92 Å². The first-order valence-corrected chi connectivity index (χ1v) is 8.37. The van der Waals surface area contributed by atoms with Crippen molar-refractivity contribution in [2.75, 3.05) is 10.6 Å². The highest BCUT2D eigenvalue weighted by molar-refractivity contribution is 6.37. The Labute approximate surface area is 150 Å². The number of rotatable bonds is 4. The summed E-state index contributed by atoms with van der Waals surface area (Å²) in [6, 6.07) is 10.1. The molecule has 1 fully saturated rings. The summed E-state index contributed by atoms with van der Waals surface area (Å²) >= 11 is 11.9. The molecule has 3 rings (SSSR count). The molecule has 0 atom stereocenters. The van der Waals surface area contributed by atoms with Gasteiger partial charge in [-0.15, -0.1) is 0 Å². The Balaban J connectivity index is 1.76. The van der Waals surface area contributed by atoms with E-state index >= 15 is 0 Å². The van der Waals surface area contributed by atoms with Crippen LogP contribution in [-0.4, -0.2) is 11.8 Å². The van der Waals surface area contributed by atoms with Crippen LogP contribution in [0.1, 0.15) is 28.8 Å². The third-order valence-electron chi connectivity index (χ3n) is 3.88. The molecule has 6 heteroatoms. The summed E-state index contributed by atoms with van der Waals surface area (Å²) < 4.78 is 0. The topological polar surface area (TPSA) is 58.2 Å².